The Morgan fingerprint density at radius 2 is 1.46 bits per heavy atom. The highest BCUT2D eigenvalue weighted by molar-refractivity contribution is 7.89. The first kappa shape index (κ1) is 19.6. The van der Waals surface area contributed by atoms with Gasteiger partial charge in [0.2, 0.25) is 10.0 Å². The minimum atomic E-state index is -3.65. The summed E-state index contributed by atoms with van der Waals surface area (Å²) in [6, 6.07) is 4.97. The summed E-state index contributed by atoms with van der Waals surface area (Å²) in [6.45, 7) is 5.49. The molecule has 3 saturated heterocycles. The van der Waals surface area contributed by atoms with Gasteiger partial charge in [-0.2, -0.15) is 4.31 Å². The second kappa shape index (κ2) is 8.36. The third-order valence-electron chi connectivity index (χ3n) is 5.55. The van der Waals surface area contributed by atoms with Gasteiger partial charge in [0, 0.05) is 45.0 Å². The third-order valence-corrected chi connectivity index (χ3v) is 7.45. The number of hydrogen-bond donors (Lipinski definition) is 0. The van der Waals surface area contributed by atoms with Gasteiger partial charge in [0.15, 0.2) is 0 Å². The molecular weight excluding hydrogens is 382 g/mol. The van der Waals surface area contributed by atoms with Crippen molar-refractivity contribution < 1.29 is 22.7 Å². The maximum Gasteiger partial charge on any atom is 0.256 e. The van der Waals surface area contributed by atoms with Crippen LogP contribution in [-0.2, 0) is 19.5 Å². The minimum absolute atomic E-state index is 0.0852. The molecule has 1 amide bonds. The summed E-state index contributed by atoms with van der Waals surface area (Å²) in [7, 11) is -3.65. The monoisotopic (exact) mass is 409 g/mol. The van der Waals surface area contributed by atoms with E-state index < -0.39 is 10.0 Å². The molecule has 9 heteroatoms. The van der Waals surface area contributed by atoms with Gasteiger partial charge >= 0.3 is 0 Å². The van der Waals surface area contributed by atoms with E-state index in [0.717, 1.165) is 31.6 Å². The summed E-state index contributed by atoms with van der Waals surface area (Å²) in [4.78, 5) is 17.3. The van der Waals surface area contributed by atoms with E-state index in [1.54, 1.807) is 18.2 Å². The Hall–Kier alpha value is -1.68. The molecule has 0 atom stereocenters. The molecule has 0 bridgehead atoms. The summed E-state index contributed by atoms with van der Waals surface area (Å²) in [5.74, 6) is -0.0852. The lowest BCUT2D eigenvalue weighted by molar-refractivity contribution is 0.0730. The Bertz CT molecular complexity index is 811. The molecule has 3 heterocycles. The molecule has 1 aromatic rings. The van der Waals surface area contributed by atoms with E-state index in [1.807, 2.05) is 4.90 Å². The lowest BCUT2D eigenvalue weighted by atomic mass is 10.1. The molecule has 0 saturated carbocycles. The van der Waals surface area contributed by atoms with Crippen LogP contribution in [0.4, 0.5) is 5.69 Å². The molecule has 0 aliphatic carbocycles. The number of sulfonamides is 1. The average Bonchev–Trinajstić information content (AvgIpc) is 3.29. The van der Waals surface area contributed by atoms with Gasteiger partial charge in [0.1, 0.15) is 0 Å². The SMILES string of the molecule is O=C(c1cc(S(=O)(=O)N2CCOCC2)ccc1N1CCOCC1)N1CCCC1. The number of hydrogen-bond acceptors (Lipinski definition) is 6. The maximum absolute atomic E-state index is 13.2. The van der Waals surface area contributed by atoms with Gasteiger partial charge in [-0.25, -0.2) is 8.42 Å². The van der Waals surface area contributed by atoms with Gasteiger partial charge in [-0.1, -0.05) is 0 Å². The van der Waals surface area contributed by atoms with E-state index in [4.69, 9.17) is 9.47 Å². The van der Waals surface area contributed by atoms with Gasteiger partial charge in [-0.05, 0) is 31.0 Å². The van der Waals surface area contributed by atoms with Gasteiger partial charge in [-0.3, -0.25) is 4.79 Å². The summed E-state index contributed by atoms with van der Waals surface area (Å²) in [5.41, 5.74) is 1.26. The zero-order valence-electron chi connectivity index (χ0n) is 16.0. The van der Waals surface area contributed by atoms with Crippen LogP contribution in [0.2, 0.25) is 0 Å². The Balaban J connectivity index is 1.70. The predicted molar refractivity (Wildman–Crippen MR) is 104 cm³/mol. The van der Waals surface area contributed by atoms with E-state index >= 15 is 0 Å². The van der Waals surface area contributed by atoms with Crippen molar-refractivity contribution in [3.63, 3.8) is 0 Å². The molecule has 0 radical (unpaired) electrons. The van der Waals surface area contributed by atoms with Crippen LogP contribution < -0.4 is 4.90 Å². The van der Waals surface area contributed by atoms with E-state index in [2.05, 4.69) is 4.90 Å². The Kier molecular flexibility index (Phi) is 5.86. The second-order valence-electron chi connectivity index (χ2n) is 7.29. The topological polar surface area (TPSA) is 79.4 Å². The highest BCUT2D eigenvalue weighted by Crippen LogP contribution is 2.29. The molecule has 0 N–H and O–H groups in total. The number of carbonyl (C=O) groups is 1. The van der Waals surface area contributed by atoms with E-state index in [1.165, 1.54) is 4.31 Å². The predicted octanol–water partition coefficient (Wildman–Crippen LogP) is 0.780. The number of morpholine rings is 2. The highest BCUT2D eigenvalue weighted by Gasteiger charge is 2.30. The van der Waals surface area contributed by atoms with Gasteiger partial charge in [0.25, 0.3) is 5.91 Å². The fourth-order valence-electron chi connectivity index (χ4n) is 3.95. The Morgan fingerprint density at radius 1 is 0.857 bits per heavy atom. The lowest BCUT2D eigenvalue weighted by Gasteiger charge is -2.32. The van der Waals surface area contributed by atoms with Gasteiger partial charge in [-0.15, -0.1) is 0 Å². The summed E-state index contributed by atoms with van der Waals surface area (Å²) in [6.07, 6.45) is 1.98. The highest BCUT2D eigenvalue weighted by atomic mass is 32.2. The summed E-state index contributed by atoms with van der Waals surface area (Å²) in [5, 5.41) is 0. The lowest BCUT2D eigenvalue weighted by Crippen LogP contribution is -2.41. The number of benzene rings is 1. The first-order chi connectivity index (χ1) is 13.6. The first-order valence-electron chi connectivity index (χ1n) is 9.91. The standard InChI is InChI=1S/C19H27N3O5S/c23-19(21-5-1-2-6-21)17-15-16(28(24,25)22-9-13-27-14-10-22)3-4-18(17)20-7-11-26-12-8-20/h3-4,15H,1-2,5-14H2. The van der Waals surface area contributed by atoms with Crippen molar-refractivity contribution in [2.24, 2.45) is 0 Å². The molecule has 4 rings (SSSR count). The molecular formula is C19H27N3O5S. The van der Waals surface area contributed by atoms with Crippen LogP contribution in [0.5, 0.6) is 0 Å². The molecule has 28 heavy (non-hydrogen) atoms. The number of amides is 1. The largest absolute Gasteiger partial charge is 0.379 e. The van der Waals surface area contributed by atoms with Crippen LogP contribution in [-0.4, -0.2) is 89.2 Å². The number of rotatable bonds is 4. The molecule has 3 aliphatic heterocycles. The molecule has 0 aromatic heterocycles. The van der Waals surface area contributed by atoms with Crippen molar-refractivity contribution in [3.8, 4) is 0 Å². The molecule has 0 unspecified atom stereocenters. The van der Waals surface area contributed by atoms with Crippen LogP contribution in [0.3, 0.4) is 0 Å². The van der Waals surface area contributed by atoms with Crippen molar-refractivity contribution in [1.29, 1.82) is 0 Å². The number of likely N-dealkylation sites (tertiary alicyclic amines) is 1. The van der Waals surface area contributed by atoms with Gasteiger partial charge in [0.05, 0.1) is 36.9 Å². The molecule has 8 nitrogen and oxygen atoms in total. The summed E-state index contributed by atoms with van der Waals surface area (Å²) >= 11 is 0. The van der Waals surface area contributed by atoms with Crippen molar-refractivity contribution in [3.05, 3.63) is 23.8 Å². The third kappa shape index (κ3) is 3.89. The number of ether oxygens (including phenoxy) is 2. The van der Waals surface area contributed by atoms with Crippen LogP contribution >= 0.6 is 0 Å². The smallest absolute Gasteiger partial charge is 0.256 e. The second-order valence-corrected chi connectivity index (χ2v) is 9.23. The van der Waals surface area contributed by atoms with E-state index in [-0.39, 0.29) is 10.8 Å². The molecule has 1 aromatic carbocycles. The van der Waals surface area contributed by atoms with Crippen LogP contribution in [0.25, 0.3) is 0 Å². The number of carbonyl (C=O) groups excluding carboxylic acids is 1. The van der Waals surface area contributed by atoms with Crippen molar-refractivity contribution >= 4 is 21.6 Å². The fraction of sp³-hybridized carbons (Fsp3) is 0.632. The van der Waals surface area contributed by atoms with Gasteiger partial charge < -0.3 is 19.3 Å². The number of anilines is 1. The molecule has 154 valence electrons. The summed E-state index contributed by atoms with van der Waals surface area (Å²) < 4.78 is 38.3. The maximum atomic E-state index is 13.2. The Morgan fingerprint density at radius 3 is 2.11 bits per heavy atom. The van der Waals surface area contributed by atoms with Crippen LogP contribution in [0, 0.1) is 0 Å². The van der Waals surface area contributed by atoms with Crippen molar-refractivity contribution in [1.82, 2.24) is 9.21 Å². The number of nitrogens with zero attached hydrogens (tertiary/aromatic N) is 3. The van der Waals surface area contributed by atoms with E-state index in [9.17, 15) is 13.2 Å². The average molecular weight is 410 g/mol. The quantitative estimate of drug-likeness (QED) is 0.731. The van der Waals surface area contributed by atoms with E-state index in [0.29, 0.717) is 58.2 Å². The van der Waals surface area contributed by atoms with Crippen molar-refractivity contribution in [2.45, 2.75) is 17.7 Å². The minimum Gasteiger partial charge on any atom is -0.379 e. The normalized spacial score (nSPS) is 21.9. The fourth-order valence-corrected chi connectivity index (χ4v) is 5.39. The van der Waals surface area contributed by atoms with Crippen molar-refractivity contribution in [2.75, 3.05) is 70.6 Å². The zero-order chi connectivity index (χ0) is 19.6. The van der Waals surface area contributed by atoms with Crippen LogP contribution in [0.15, 0.2) is 23.1 Å². The first-order valence-corrected chi connectivity index (χ1v) is 11.4. The van der Waals surface area contributed by atoms with Crippen LogP contribution in [0.1, 0.15) is 23.2 Å². The molecule has 3 fully saturated rings. The molecule has 3 aliphatic rings. The molecule has 0 spiro atoms. The zero-order valence-corrected chi connectivity index (χ0v) is 16.8. The Labute approximate surface area is 166 Å².